The lowest BCUT2D eigenvalue weighted by Gasteiger charge is -2.25. The minimum absolute atomic E-state index is 0.264. The quantitative estimate of drug-likeness (QED) is 0.809. The van der Waals surface area contributed by atoms with Crippen LogP contribution in [0.2, 0.25) is 0 Å². The molecular formula is C14H25N3O. The van der Waals surface area contributed by atoms with Crippen LogP contribution in [0.25, 0.3) is 0 Å². The van der Waals surface area contributed by atoms with E-state index in [2.05, 4.69) is 43.1 Å². The Morgan fingerprint density at radius 2 is 2.00 bits per heavy atom. The SMILES string of the molecule is Cc1ccc(O)c(CNC(CN(C)C)C(C)C)n1. The highest BCUT2D eigenvalue weighted by atomic mass is 16.3. The smallest absolute Gasteiger partial charge is 0.138 e. The third-order valence-electron chi connectivity index (χ3n) is 2.99. The van der Waals surface area contributed by atoms with Gasteiger partial charge in [-0.25, -0.2) is 0 Å². The third kappa shape index (κ3) is 4.63. The molecule has 0 aromatic carbocycles. The molecule has 4 nitrogen and oxygen atoms in total. The Kier molecular flexibility index (Phi) is 5.56. The Balaban J connectivity index is 2.63. The summed E-state index contributed by atoms with van der Waals surface area (Å²) in [5.74, 6) is 0.805. The molecule has 0 bridgehead atoms. The highest BCUT2D eigenvalue weighted by Crippen LogP contribution is 2.15. The van der Waals surface area contributed by atoms with Gasteiger partial charge in [-0.2, -0.15) is 0 Å². The van der Waals surface area contributed by atoms with Gasteiger partial charge in [-0.05, 0) is 39.1 Å². The molecule has 1 aromatic rings. The summed E-state index contributed by atoms with van der Waals surface area (Å²) in [6.07, 6.45) is 0. The van der Waals surface area contributed by atoms with Gasteiger partial charge in [0.2, 0.25) is 0 Å². The Morgan fingerprint density at radius 1 is 1.33 bits per heavy atom. The fraction of sp³-hybridized carbons (Fsp3) is 0.643. The van der Waals surface area contributed by atoms with Crippen molar-refractivity contribution in [2.75, 3.05) is 20.6 Å². The Bertz CT molecular complexity index is 377. The van der Waals surface area contributed by atoms with Crippen LogP contribution >= 0.6 is 0 Å². The van der Waals surface area contributed by atoms with E-state index in [1.54, 1.807) is 6.07 Å². The van der Waals surface area contributed by atoms with Gasteiger partial charge in [-0.15, -0.1) is 0 Å². The molecule has 0 aliphatic heterocycles. The second kappa shape index (κ2) is 6.71. The molecule has 1 rings (SSSR count). The summed E-state index contributed by atoms with van der Waals surface area (Å²) < 4.78 is 0. The van der Waals surface area contributed by atoms with Crippen molar-refractivity contribution < 1.29 is 5.11 Å². The zero-order valence-corrected chi connectivity index (χ0v) is 12.1. The fourth-order valence-electron chi connectivity index (χ4n) is 1.87. The molecular weight excluding hydrogens is 226 g/mol. The van der Waals surface area contributed by atoms with Gasteiger partial charge in [-0.1, -0.05) is 13.8 Å². The van der Waals surface area contributed by atoms with Crippen LogP contribution in [0.5, 0.6) is 5.75 Å². The number of aromatic nitrogens is 1. The van der Waals surface area contributed by atoms with Crippen LogP contribution in [0, 0.1) is 12.8 Å². The average molecular weight is 251 g/mol. The highest BCUT2D eigenvalue weighted by Gasteiger charge is 2.14. The highest BCUT2D eigenvalue weighted by molar-refractivity contribution is 5.27. The molecule has 1 atom stereocenters. The number of pyridine rings is 1. The number of nitrogens with one attached hydrogen (secondary N) is 1. The number of rotatable bonds is 6. The predicted octanol–water partition coefficient (Wildman–Crippen LogP) is 1.77. The van der Waals surface area contributed by atoms with E-state index in [-0.39, 0.29) is 5.75 Å². The topological polar surface area (TPSA) is 48.4 Å². The predicted molar refractivity (Wildman–Crippen MR) is 74.7 cm³/mol. The first kappa shape index (κ1) is 14.9. The second-order valence-corrected chi connectivity index (χ2v) is 5.41. The largest absolute Gasteiger partial charge is 0.506 e. The first-order chi connectivity index (χ1) is 8.40. The molecule has 2 N–H and O–H groups in total. The van der Waals surface area contributed by atoms with E-state index in [0.29, 0.717) is 18.5 Å². The lowest BCUT2D eigenvalue weighted by Crippen LogP contribution is -2.41. The van der Waals surface area contributed by atoms with Crippen molar-refractivity contribution >= 4 is 0 Å². The summed E-state index contributed by atoms with van der Waals surface area (Å²) in [5, 5.41) is 13.2. The van der Waals surface area contributed by atoms with Gasteiger partial charge >= 0.3 is 0 Å². The number of hydrogen-bond donors (Lipinski definition) is 2. The number of likely N-dealkylation sites (N-methyl/N-ethyl adjacent to an activating group) is 1. The van der Waals surface area contributed by atoms with E-state index in [1.165, 1.54) is 0 Å². The van der Waals surface area contributed by atoms with Gasteiger partial charge < -0.3 is 15.3 Å². The van der Waals surface area contributed by atoms with E-state index in [0.717, 1.165) is 17.9 Å². The van der Waals surface area contributed by atoms with Gasteiger partial charge in [0.15, 0.2) is 0 Å². The second-order valence-electron chi connectivity index (χ2n) is 5.41. The lowest BCUT2D eigenvalue weighted by atomic mass is 10.0. The van der Waals surface area contributed by atoms with Crippen molar-refractivity contribution in [3.05, 3.63) is 23.5 Å². The van der Waals surface area contributed by atoms with E-state index in [9.17, 15) is 5.11 Å². The zero-order valence-electron chi connectivity index (χ0n) is 12.1. The van der Waals surface area contributed by atoms with Crippen LogP contribution in [0.1, 0.15) is 25.2 Å². The molecule has 102 valence electrons. The van der Waals surface area contributed by atoms with E-state index < -0.39 is 0 Å². The van der Waals surface area contributed by atoms with Gasteiger partial charge in [0.25, 0.3) is 0 Å². The van der Waals surface area contributed by atoms with Gasteiger partial charge in [0.1, 0.15) is 5.75 Å². The van der Waals surface area contributed by atoms with Crippen LogP contribution in [0.15, 0.2) is 12.1 Å². The third-order valence-corrected chi connectivity index (χ3v) is 2.99. The molecule has 4 heteroatoms. The maximum absolute atomic E-state index is 9.76. The molecule has 0 saturated carbocycles. The van der Waals surface area contributed by atoms with Crippen molar-refractivity contribution in [2.24, 2.45) is 5.92 Å². The Morgan fingerprint density at radius 3 is 2.56 bits per heavy atom. The van der Waals surface area contributed by atoms with Crippen molar-refractivity contribution in [3.63, 3.8) is 0 Å². The van der Waals surface area contributed by atoms with Gasteiger partial charge in [0, 0.05) is 24.8 Å². The molecule has 0 saturated heterocycles. The standard InChI is InChI=1S/C14H25N3O/c1-10(2)13(9-17(4)5)15-8-12-14(18)7-6-11(3)16-12/h6-7,10,13,15,18H,8-9H2,1-5H3. The molecule has 0 amide bonds. The van der Waals surface area contributed by atoms with Crippen LogP contribution in [-0.2, 0) is 6.54 Å². The minimum atomic E-state index is 0.264. The fourth-order valence-corrected chi connectivity index (χ4v) is 1.87. The molecule has 0 aliphatic carbocycles. The minimum Gasteiger partial charge on any atom is -0.506 e. The summed E-state index contributed by atoms with van der Waals surface area (Å²) in [6, 6.07) is 3.91. The molecule has 0 aliphatic rings. The van der Waals surface area contributed by atoms with Gasteiger partial charge in [0.05, 0.1) is 5.69 Å². The molecule has 1 heterocycles. The van der Waals surface area contributed by atoms with Crippen LogP contribution in [0.4, 0.5) is 0 Å². The zero-order chi connectivity index (χ0) is 13.7. The number of aromatic hydroxyl groups is 1. The van der Waals surface area contributed by atoms with Crippen LogP contribution < -0.4 is 5.32 Å². The maximum Gasteiger partial charge on any atom is 0.138 e. The maximum atomic E-state index is 9.76. The van der Waals surface area contributed by atoms with Crippen molar-refractivity contribution in [3.8, 4) is 5.75 Å². The summed E-state index contributed by atoms with van der Waals surface area (Å²) in [4.78, 5) is 6.52. The molecule has 0 fully saturated rings. The summed E-state index contributed by atoms with van der Waals surface area (Å²) in [5.41, 5.74) is 1.65. The average Bonchev–Trinajstić information content (AvgIpc) is 2.27. The Labute approximate surface area is 110 Å². The van der Waals surface area contributed by atoms with E-state index >= 15 is 0 Å². The number of nitrogens with zero attached hydrogens (tertiary/aromatic N) is 2. The van der Waals surface area contributed by atoms with Crippen LogP contribution in [0.3, 0.4) is 0 Å². The molecule has 18 heavy (non-hydrogen) atoms. The number of aryl methyl sites for hydroxylation is 1. The normalized spacial score (nSPS) is 13.3. The van der Waals surface area contributed by atoms with Crippen LogP contribution in [-0.4, -0.2) is 41.7 Å². The first-order valence-corrected chi connectivity index (χ1v) is 6.43. The molecule has 0 spiro atoms. The van der Waals surface area contributed by atoms with Crippen molar-refractivity contribution in [2.45, 2.75) is 33.4 Å². The Hall–Kier alpha value is -1.13. The summed E-state index contributed by atoms with van der Waals surface area (Å²) >= 11 is 0. The summed E-state index contributed by atoms with van der Waals surface area (Å²) in [6.45, 7) is 7.91. The lowest BCUT2D eigenvalue weighted by molar-refractivity contribution is 0.286. The van der Waals surface area contributed by atoms with E-state index in [4.69, 9.17) is 0 Å². The molecule has 1 aromatic heterocycles. The van der Waals surface area contributed by atoms with Gasteiger partial charge in [-0.3, -0.25) is 4.98 Å². The van der Waals surface area contributed by atoms with E-state index in [1.807, 2.05) is 13.0 Å². The van der Waals surface area contributed by atoms with Crippen molar-refractivity contribution in [1.82, 2.24) is 15.2 Å². The monoisotopic (exact) mass is 251 g/mol. The molecule has 0 radical (unpaired) electrons. The molecule has 1 unspecified atom stereocenters. The number of hydrogen-bond acceptors (Lipinski definition) is 4. The summed E-state index contributed by atoms with van der Waals surface area (Å²) in [7, 11) is 4.14. The van der Waals surface area contributed by atoms with Crippen molar-refractivity contribution in [1.29, 1.82) is 0 Å². The first-order valence-electron chi connectivity index (χ1n) is 6.43.